The third-order valence-electron chi connectivity index (χ3n) is 4.47. The number of carboxylic acids is 1. The van der Waals surface area contributed by atoms with Crippen molar-refractivity contribution in [3.05, 3.63) is 64.3 Å². The monoisotopic (exact) mass is 397 g/mol. The third kappa shape index (κ3) is 4.03. The molecule has 0 fully saturated rings. The van der Waals surface area contributed by atoms with E-state index in [1.54, 1.807) is 0 Å². The second-order valence-corrected chi connectivity index (χ2v) is 8.34. The van der Waals surface area contributed by atoms with Gasteiger partial charge in [0.15, 0.2) is 6.10 Å². The summed E-state index contributed by atoms with van der Waals surface area (Å²) in [6.45, 7) is 9.30. The molecule has 3 aromatic rings. The molecule has 0 spiro atoms. The molecule has 0 unspecified atom stereocenters. The SMILES string of the molecule is Cc1ccc(-c2c([C@H](OC(C)(C)C)C(=O)O)c(C)nc3ccccc23)c(Cl)c1. The molecule has 1 heterocycles. The van der Waals surface area contributed by atoms with E-state index in [0.29, 0.717) is 16.3 Å². The number of carboxylic acid groups (broad SMARTS) is 1. The summed E-state index contributed by atoms with van der Waals surface area (Å²) >= 11 is 6.60. The van der Waals surface area contributed by atoms with Gasteiger partial charge in [0.05, 0.1) is 11.1 Å². The number of hydrogen-bond acceptors (Lipinski definition) is 3. The van der Waals surface area contributed by atoms with Gasteiger partial charge in [-0.3, -0.25) is 4.98 Å². The summed E-state index contributed by atoms with van der Waals surface area (Å²) in [7, 11) is 0. The Morgan fingerprint density at radius 1 is 1.14 bits per heavy atom. The van der Waals surface area contributed by atoms with Crippen LogP contribution in [0.4, 0.5) is 0 Å². The Hall–Kier alpha value is -2.43. The fourth-order valence-electron chi connectivity index (χ4n) is 3.37. The zero-order chi connectivity index (χ0) is 20.6. The lowest BCUT2D eigenvalue weighted by molar-refractivity contribution is -0.160. The van der Waals surface area contributed by atoms with Gasteiger partial charge in [0.25, 0.3) is 0 Å². The second kappa shape index (κ2) is 7.53. The van der Waals surface area contributed by atoms with Crippen molar-refractivity contribution in [2.24, 2.45) is 0 Å². The van der Waals surface area contributed by atoms with E-state index in [4.69, 9.17) is 16.3 Å². The lowest BCUT2D eigenvalue weighted by Crippen LogP contribution is -2.28. The van der Waals surface area contributed by atoms with E-state index < -0.39 is 17.7 Å². The summed E-state index contributed by atoms with van der Waals surface area (Å²) in [4.78, 5) is 16.9. The molecule has 4 nitrogen and oxygen atoms in total. The number of fused-ring (bicyclic) bond motifs is 1. The predicted molar refractivity (Wildman–Crippen MR) is 113 cm³/mol. The summed E-state index contributed by atoms with van der Waals surface area (Å²) in [6, 6.07) is 13.5. The van der Waals surface area contributed by atoms with Gasteiger partial charge in [-0.2, -0.15) is 0 Å². The molecule has 0 saturated carbocycles. The summed E-state index contributed by atoms with van der Waals surface area (Å²) in [5.74, 6) is -1.06. The Bertz CT molecular complexity index is 1050. The minimum atomic E-state index is -1.16. The van der Waals surface area contributed by atoms with Crippen molar-refractivity contribution in [3.63, 3.8) is 0 Å². The summed E-state index contributed by atoms with van der Waals surface area (Å²) in [5.41, 5.74) is 3.85. The van der Waals surface area contributed by atoms with Gasteiger partial charge in [-0.1, -0.05) is 41.9 Å². The van der Waals surface area contributed by atoms with E-state index in [1.807, 2.05) is 77.1 Å². The molecule has 0 bridgehead atoms. The van der Waals surface area contributed by atoms with Gasteiger partial charge < -0.3 is 9.84 Å². The number of benzene rings is 2. The first kappa shape index (κ1) is 20.3. The van der Waals surface area contributed by atoms with E-state index >= 15 is 0 Å². The smallest absolute Gasteiger partial charge is 0.337 e. The molecule has 28 heavy (non-hydrogen) atoms. The number of rotatable bonds is 4. The number of carbonyl (C=O) groups is 1. The Kier molecular flexibility index (Phi) is 5.46. The van der Waals surface area contributed by atoms with Crippen LogP contribution in [-0.2, 0) is 9.53 Å². The van der Waals surface area contributed by atoms with Crippen molar-refractivity contribution in [2.45, 2.75) is 46.3 Å². The van der Waals surface area contributed by atoms with Gasteiger partial charge in [0.2, 0.25) is 0 Å². The van der Waals surface area contributed by atoms with Crippen LogP contribution in [0.5, 0.6) is 0 Å². The Labute approximate surface area is 170 Å². The molecule has 0 aliphatic heterocycles. The van der Waals surface area contributed by atoms with E-state index in [2.05, 4.69) is 4.98 Å². The van der Waals surface area contributed by atoms with Gasteiger partial charge in [-0.25, -0.2) is 4.79 Å². The highest BCUT2D eigenvalue weighted by molar-refractivity contribution is 6.34. The van der Waals surface area contributed by atoms with Crippen LogP contribution in [0.3, 0.4) is 0 Å². The number of halogens is 1. The van der Waals surface area contributed by atoms with Gasteiger partial charge in [-0.15, -0.1) is 0 Å². The molecule has 1 N–H and O–H groups in total. The summed E-state index contributed by atoms with van der Waals surface area (Å²) in [6.07, 6.45) is -1.16. The summed E-state index contributed by atoms with van der Waals surface area (Å²) < 4.78 is 5.96. The van der Waals surface area contributed by atoms with Crippen LogP contribution in [0, 0.1) is 13.8 Å². The maximum Gasteiger partial charge on any atom is 0.337 e. The second-order valence-electron chi connectivity index (χ2n) is 7.93. The van der Waals surface area contributed by atoms with Crippen LogP contribution in [0.15, 0.2) is 42.5 Å². The number of ether oxygens (including phenoxy) is 1. The number of nitrogens with zero attached hydrogens (tertiary/aromatic N) is 1. The van der Waals surface area contributed by atoms with Crippen LogP contribution in [0.2, 0.25) is 5.02 Å². The highest BCUT2D eigenvalue weighted by atomic mass is 35.5. The molecular formula is C23H24ClNO3. The summed E-state index contributed by atoms with van der Waals surface area (Å²) in [5, 5.41) is 11.4. The van der Waals surface area contributed by atoms with Gasteiger partial charge in [0, 0.05) is 32.8 Å². The molecule has 5 heteroatoms. The van der Waals surface area contributed by atoms with E-state index in [1.165, 1.54) is 0 Å². The molecule has 146 valence electrons. The number of aryl methyl sites for hydroxylation is 2. The maximum atomic E-state index is 12.2. The topological polar surface area (TPSA) is 59.4 Å². The van der Waals surface area contributed by atoms with Gasteiger partial charge >= 0.3 is 5.97 Å². The van der Waals surface area contributed by atoms with Crippen molar-refractivity contribution in [1.82, 2.24) is 4.98 Å². The zero-order valence-electron chi connectivity index (χ0n) is 16.7. The molecule has 0 saturated heterocycles. The Morgan fingerprint density at radius 2 is 1.82 bits per heavy atom. The van der Waals surface area contributed by atoms with Gasteiger partial charge in [-0.05, 0) is 52.3 Å². The molecule has 3 rings (SSSR count). The average molecular weight is 398 g/mol. The largest absolute Gasteiger partial charge is 0.479 e. The van der Waals surface area contributed by atoms with Crippen molar-refractivity contribution in [1.29, 1.82) is 0 Å². The number of pyridine rings is 1. The average Bonchev–Trinajstić information content (AvgIpc) is 2.58. The molecule has 0 aliphatic rings. The molecule has 1 atom stereocenters. The lowest BCUT2D eigenvalue weighted by atomic mass is 9.90. The predicted octanol–water partition coefficient (Wildman–Crippen LogP) is 6.11. The van der Waals surface area contributed by atoms with E-state index in [-0.39, 0.29) is 0 Å². The standard InChI is InChI=1S/C23H24ClNO3/c1-13-10-11-15(17(24)12-13)20-16-8-6-7-9-18(16)25-14(2)19(20)21(22(26)27)28-23(3,4)5/h6-12,21H,1-5H3,(H,26,27)/t21-/m0/s1. The number of hydrogen-bond donors (Lipinski definition) is 1. The highest BCUT2D eigenvalue weighted by Gasteiger charge is 2.32. The van der Waals surface area contributed by atoms with Crippen molar-refractivity contribution >= 4 is 28.5 Å². The molecular weight excluding hydrogens is 374 g/mol. The molecule has 0 aliphatic carbocycles. The number of aliphatic carboxylic acids is 1. The minimum Gasteiger partial charge on any atom is -0.479 e. The fraction of sp³-hybridized carbons (Fsp3) is 0.304. The Balaban J connectivity index is 2.42. The lowest BCUT2D eigenvalue weighted by Gasteiger charge is -2.28. The third-order valence-corrected chi connectivity index (χ3v) is 4.79. The number of aromatic nitrogens is 1. The Morgan fingerprint density at radius 3 is 2.43 bits per heavy atom. The minimum absolute atomic E-state index is 0.534. The highest BCUT2D eigenvalue weighted by Crippen LogP contribution is 2.41. The van der Waals surface area contributed by atoms with Crippen molar-refractivity contribution < 1.29 is 14.6 Å². The number of para-hydroxylation sites is 1. The zero-order valence-corrected chi connectivity index (χ0v) is 17.5. The normalized spacial score (nSPS) is 12.9. The first-order valence-corrected chi connectivity index (χ1v) is 9.52. The van der Waals surface area contributed by atoms with Crippen molar-refractivity contribution in [3.8, 4) is 11.1 Å². The van der Waals surface area contributed by atoms with Crippen LogP contribution in [0.1, 0.15) is 43.7 Å². The van der Waals surface area contributed by atoms with E-state index in [0.717, 1.165) is 27.6 Å². The maximum absolute atomic E-state index is 12.2. The first-order valence-electron chi connectivity index (χ1n) is 9.15. The van der Waals surface area contributed by atoms with Crippen LogP contribution in [-0.4, -0.2) is 21.7 Å². The fourth-order valence-corrected chi connectivity index (χ4v) is 3.70. The van der Waals surface area contributed by atoms with E-state index in [9.17, 15) is 9.90 Å². The molecule has 1 aromatic heterocycles. The molecule has 2 aromatic carbocycles. The van der Waals surface area contributed by atoms with Gasteiger partial charge in [0.1, 0.15) is 0 Å². The van der Waals surface area contributed by atoms with Crippen LogP contribution in [0.25, 0.3) is 22.0 Å². The molecule has 0 amide bonds. The quantitative estimate of drug-likeness (QED) is 0.576. The molecule has 0 radical (unpaired) electrons. The van der Waals surface area contributed by atoms with Crippen molar-refractivity contribution in [2.75, 3.05) is 0 Å². The van der Waals surface area contributed by atoms with Crippen LogP contribution >= 0.6 is 11.6 Å². The first-order chi connectivity index (χ1) is 13.1. The van der Waals surface area contributed by atoms with Crippen LogP contribution < -0.4 is 0 Å².